The molecule has 0 atom stereocenters. The van der Waals surface area contributed by atoms with Gasteiger partial charge < -0.3 is 27.6 Å². The summed E-state index contributed by atoms with van der Waals surface area (Å²) >= 11 is 0. The smallest absolute Gasteiger partial charge is 0.242 e. The number of hydrogen-bond donors (Lipinski definition) is 0. The average Bonchev–Trinajstić information content (AvgIpc) is 3.91. The number of hydrogen-bond acceptors (Lipinski definition) is 2. The van der Waals surface area contributed by atoms with Gasteiger partial charge in [0, 0.05) is 91.0 Å². The summed E-state index contributed by atoms with van der Waals surface area (Å²) in [6.45, 7) is 6.74. The first-order valence-electron chi connectivity index (χ1n) is 19.0. The largest absolute Gasteiger partial charge is 0.510 e. The summed E-state index contributed by atoms with van der Waals surface area (Å²) in [6, 6.07) is 47.6. The molecule has 0 aliphatic heterocycles. The van der Waals surface area contributed by atoms with Gasteiger partial charge in [-0.3, -0.25) is 0 Å². The van der Waals surface area contributed by atoms with Crippen molar-refractivity contribution in [2.24, 2.45) is 21.1 Å². The number of aryl methyl sites for hydroxylation is 3. The molecule has 5 aromatic heterocycles. The van der Waals surface area contributed by atoms with Crippen molar-refractivity contribution in [3.05, 3.63) is 145 Å². The first-order valence-corrected chi connectivity index (χ1v) is 19.0. The van der Waals surface area contributed by atoms with Gasteiger partial charge in [-0.05, 0) is 40.6 Å². The van der Waals surface area contributed by atoms with Gasteiger partial charge in [-0.1, -0.05) is 98.0 Å². The number of aromatic nitrogens is 6. The van der Waals surface area contributed by atoms with E-state index >= 15 is 0 Å². The number of fused-ring (bicyclic) bond motifs is 13. The van der Waals surface area contributed by atoms with Gasteiger partial charge in [0.15, 0.2) is 0 Å². The van der Waals surface area contributed by atoms with Crippen LogP contribution >= 0.6 is 0 Å². The Kier molecular flexibility index (Phi) is 7.84. The van der Waals surface area contributed by atoms with Crippen LogP contribution in [0.4, 0.5) is 0 Å². The van der Waals surface area contributed by atoms with Crippen molar-refractivity contribution in [3.63, 3.8) is 0 Å². The molecule has 11 aromatic rings. The van der Waals surface area contributed by atoms with E-state index in [4.69, 9.17) is 9.72 Å². The fourth-order valence-corrected chi connectivity index (χ4v) is 8.94. The van der Waals surface area contributed by atoms with Crippen LogP contribution in [0.3, 0.4) is 0 Å². The second-order valence-electron chi connectivity index (χ2n) is 15.9. The molecule has 8 heteroatoms. The van der Waals surface area contributed by atoms with Crippen LogP contribution in [-0.2, 0) is 47.6 Å². The van der Waals surface area contributed by atoms with Crippen LogP contribution in [-0.4, -0.2) is 23.3 Å². The van der Waals surface area contributed by atoms with Crippen LogP contribution in [0.2, 0.25) is 0 Å². The second kappa shape index (κ2) is 12.7. The molecule has 282 valence electrons. The number of pyridine rings is 1. The summed E-state index contributed by atoms with van der Waals surface area (Å²) in [5.74, 6) is 2.02. The van der Waals surface area contributed by atoms with Crippen molar-refractivity contribution in [1.29, 1.82) is 0 Å². The molecule has 0 radical (unpaired) electrons. The molecule has 0 N–H and O–H groups in total. The van der Waals surface area contributed by atoms with Gasteiger partial charge in [-0.2, -0.15) is 18.2 Å². The maximum absolute atomic E-state index is 6.66. The summed E-state index contributed by atoms with van der Waals surface area (Å²) in [7, 11) is 6.39. The third-order valence-corrected chi connectivity index (χ3v) is 11.6. The van der Waals surface area contributed by atoms with E-state index in [-0.39, 0.29) is 26.5 Å². The zero-order valence-electron chi connectivity index (χ0n) is 32.5. The Balaban J connectivity index is 0.00000396. The monoisotopic (exact) mass is 921 g/mol. The summed E-state index contributed by atoms with van der Waals surface area (Å²) in [5.41, 5.74) is 10.8. The number of ether oxygens (including phenoxy) is 1. The fourth-order valence-electron chi connectivity index (χ4n) is 8.94. The van der Waals surface area contributed by atoms with E-state index in [0.717, 1.165) is 49.9 Å². The van der Waals surface area contributed by atoms with Gasteiger partial charge >= 0.3 is 0 Å². The molecule has 6 aromatic carbocycles. The Labute approximate surface area is 344 Å². The van der Waals surface area contributed by atoms with Gasteiger partial charge in [0.05, 0.1) is 29.1 Å². The van der Waals surface area contributed by atoms with E-state index in [2.05, 4.69) is 146 Å². The molecule has 0 bridgehead atoms. The maximum Gasteiger partial charge on any atom is 0.242 e. The molecule has 0 unspecified atom stereocenters. The molecule has 7 nitrogen and oxygen atoms in total. The minimum Gasteiger partial charge on any atom is -0.510 e. The molecule has 0 fully saturated rings. The molecule has 5 heterocycles. The molecule has 0 saturated heterocycles. The Bertz CT molecular complexity index is 3430. The van der Waals surface area contributed by atoms with E-state index in [9.17, 15) is 0 Å². The van der Waals surface area contributed by atoms with Crippen molar-refractivity contribution >= 4 is 76.5 Å². The van der Waals surface area contributed by atoms with Crippen molar-refractivity contribution in [3.8, 4) is 23.0 Å². The van der Waals surface area contributed by atoms with E-state index in [1.54, 1.807) is 0 Å². The van der Waals surface area contributed by atoms with Gasteiger partial charge in [-0.15, -0.1) is 24.3 Å². The number of rotatable bonds is 4. The fraction of sp³-hybridized carbons (Fsp3) is 0.143. The molecular weight excluding hydrogens is 884 g/mol. The molecule has 57 heavy (non-hydrogen) atoms. The van der Waals surface area contributed by atoms with Crippen LogP contribution in [0, 0.1) is 18.5 Å². The van der Waals surface area contributed by atoms with Crippen LogP contribution < -0.4 is 9.30 Å². The number of imidazole rings is 1. The van der Waals surface area contributed by atoms with Gasteiger partial charge in [0.25, 0.3) is 0 Å². The summed E-state index contributed by atoms with van der Waals surface area (Å²) in [5, 5.41) is 7.21. The molecule has 11 rings (SSSR count). The standard InChI is InChI=1S/C49H38N6O.Pt/c1-49(2,3)30-24-25-50-42(26-30)55-41-28-33(56-32-15-13-14-31(27-32)54-29-51(4)39-20-11-12-21-40(39)54)22-23-36(41)45-46-43(34-16-7-9-18-37(34)52(46)5)44-35-17-8-10-19-38(35)53(6)47(44)48(45)55;/h7-26H,1-6H3;/q-2;. The average molecular weight is 922 g/mol. The van der Waals surface area contributed by atoms with E-state index < -0.39 is 0 Å². The first kappa shape index (κ1) is 35.3. The van der Waals surface area contributed by atoms with Crippen LogP contribution in [0.1, 0.15) is 26.3 Å². The molecule has 0 amide bonds. The zero-order valence-corrected chi connectivity index (χ0v) is 34.7. The predicted octanol–water partition coefficient (Wildman–Crippen LogP) is 10.7. The van der Waals surface area contributed by atoms with Crippen molar-refractivity contribution in [2.75, 3.05) is 0 Å². The van der Waals surface area contributed by atoms with Crippen LogP contribution in [0.15, 0.2) is 121 Å². The predicted molar refractivity (Wildman–Crippen MR) is 226 cm³/mol. The Hall–Kier alpha value is -6.17. The van der Waals surface area contributed by atoms with Crippen LogP contribution in [0.25, 0.3) is 88.0 Å². The zero-order chi connectivity index (χ0) is 38.0. The van der Waals surface area contributed by atoms with E-state index in [1.807, 2.05) is 58.8 Å². The molecule has 0 spiro atoms. The van der Waals surface area contributed by atoms with Gasteiger partial charge in [0.2, 0.25) is 6.33 Å². The Morgan fingerprint density at radius 3 is 2.00 bits per heavy atom. The Morgan fingerprint density at radius 2 is 1.26 bits per heavy atom. The van der Waals surface area contributed by atoms with Crippen molar-refractivity contribution in [2.45, 2.75) is 26.2 Å². The molecular formula is C49H38N6OPt-2. The molecule has 0 saturated carbocycles. The van der Waals surface area contributed by atoms with Crippen molar-refractivity contribution in [1.82, 2.24) is 23.3 Å². The number of para-hydroxylation sites is 4. The Morgan fingerprint density at radius 1 is 0.614 bits per heavy atom. The number of nitrogens with zero attached hydrogens (tertiary/aromatic N) is 6. The minimum atomic E-state index is -0.0765. The van der Waals surface area contributed by atoms with E-state index in [1.165, 1.54) is 43.7 Å². The third kappa shape index (κ3) is 5.08. The summed E-state index contributed by atoms with van der Waals surface area (Å²) < 4.78 is 17.7. The quantitative estimate of drug-likeness (QED) is 0.130. The summed E-state index contributed by atoms with van der Waals surface area (Å²) in [6.07, 6.45) is 5.36. The summed E-state index contributed by atoms with van der Waals surface area (Å²) in [4.78, 5) is 5.09. The van der Waals surface area contributed by atoms with Crippen LogP contribution in [0.5, 0.6) is 11.5 Å². The normalized spacial score (nSPS) is 12.2. The van der Waals surface area contributed by atoms with E-state index in [0.29, 0.717) is 11.5 Å². The number of benzene rings is 6. The SMILES string of the molecule is Cn1[c-][n+](-c2[c-]c(Oc3[c-]c4c(cc3)c3c5c(c6ccccc6n5C)c5c6ccccc6n(C)c5c3n4-c3cc(C(C)(C)C)ccn3)ccc2)c2ccccc21.[Pt]. The molecule has 0 aliphatic carbocycles. The first-order chi connectivity index (χ1) is 27.2. The molecule has 0 aliphatic rings. The minimum absolute atomic E-state index is 0. The maximum atomic E-state index is 6.66. The second-order valence-corrected chi connectivity index (χ2v) is 15.9. The topological polar surface area (TPSA) is 45.7 Å². The van der Waals surface area contributed by atoms with Gasteiger partial charge in [0.1, 0.15) is 5.82 Å². The third-order valence-electron chi connectivity index (χ3n) is 11.6. The van der Waals surface area contributed by atoms with Crippen molar-refractivity contribution < 1.29 is 30.4 Å². The van der Waals surface area contributed by atoms with Gasteiger partial charge in [-0.25, -0.2) is 4.98 Å².